The predicted octanol–water partition coefficient (Wildman–Crippen LogP) is 26.0. The fourth-order valence-electron chi connectivity index (χ4n) is 21.4. The van der Waals surface area contributed by atoms with Gasteiger partial charge in [-0.25, -0.2) is 24.9 Å². The summed E-state index contributed by atoms with van der Waals surface area (Å²) in [6, 6.07) is 156. The van der Waals surface area contributed by atoms with E-state index in [1.165, 1.54) is 59.1 Å². The third-order valence-corrected chi connectivity index (χ3v) is 35.9. The molecule has 0 fully saturated rings. The molecule has 12 nitrogen and oxygen atoms in total. The number of hydrogen-bond acceptors (Lipinski definition) is 8. The predicted molar refractivity (Wildman–Crippen MR) is 578 cm³/mol. The van der Waals surface area contributed by atoms with E-state index < -0.39 is 22.2 Å². The van der Waals surface area contributed by atoms with Gasteiger partial charge in [-0.15, -0.1) is 0 Å². The van der Waals surface area contributed by atoms with Crippen LogP contribution in [0.5, 0.6) is 0 Å². The fraction of sp³-hybridized carbons (Fsp3) is 0. The molecule has 0 aliphatic carbocycles. The van der Waals surface area contributed by atoms with E-state index in [4.69, 9.17) is 29.9 Å². The van der Waals surface area contributed by atoms with Crippen LogP contribution in [0.15, 0.2) is 461 Å². The summed E-state index contributed by atoms with van der Waals surface area (Å²) in [4.78, 5) is 30.3. The quantitative estimate of drug-likeness (QED) is 0.102. The summed E-state index contributed by atoms with van der Waals surface area (Å²) in [6.07, 6.45) is 3.86. The zero-order valence-electron chi connectivity index (χ0n) is 73.6. The molecule has 8 aromatic heterocycles. The number of fused-ring (bicyclic) bond motifs is 36. The van der Waals surface area contributed by atoms with Crippen molar-refractivity contribution in [3.63, 3.8) is 0 Å². The molecule has 29 rings (SSSR count). The monoisotopic (exact) mass is 1810 g/mol. The standard InChI is InChI=1S/C47H29N2OP.C38H24N3P.C37H23N4OP.H2O/c50-51(34-25-23-30-11-1-2-13-33(30)27-34,35-26-24-32-22-21-31-12-3-4-14-36(31)40(32)28-35)45-29-41-46(38-16-6-5-15-37(38)45)39-17-7-9-19-43(39)49-44-20-10-8-18-42(44)48-47(41)49;1-2-12-26(13-3-1)42(27-23-25-11-4-6-16-32(25)39-24-27)36-20-10-15-29-28(36)21-22-31-37(29)30-14-5-8-18-34(30)41-35-19-9-7-17-33(35)40-38(31)41;42-43(26-14-2-1-3-15-26,37-38-23-25-13-5-8-18-29(25)40-37)33-22-24-12-4-6-16-27(24)34-28-17-7-10-20-31(28)41-32-21-11-9-19-30(32)39-36(41)35(33)34;/h1-29H;1-24H;1-23H;1H2. The SMILES string of the molecule is O.O=P(c1ccc2ccccc2c1)(c1ccc2ccc3ccccc3c2c1)c1cc2c(c3ccccc13)c1ccccc1n1c3ccccc3nc21.O=P(c1ccccc1)(c1ncc2ccccc2n1)c1cc2ccccc2c2c3ccccc3n3c4ccccc4nc3c12.c1ccc(P(c2cnc3ccccc3c2)c2cccc3c2ccc2c3c3ccccc3n3c4ccccc4nc23)cc1. The van der Waals surface area contributed by atoms with Crippen LogP contribution in [0.25, 0.3) is 202 Å². The average molecular weight is 1810 g/mol. The number of hydrogen-bond donors (Lipinski definition) is 0. The first-order chi connectivity index (χ1) is 67.2. The Balaban J connectivity index is 0.000000107. The van der Waals surface area contributed by atoms with Crippen molar-refractivity contribution in [2.45, 2.75) is 0 Å². The highest BCUT2D eigenvalue weighted by atomic mass is 31.2. The molecule has 0 aliphatic rings. The van der Waals surface area contributed by atoms with Gasteiger partial charge in [0.2, 0.25) is 7.14 Å². The van der Waals surface area contributed by atoms with Crippen molar-refractivity contribution in [2.24, 2.45) is 0 Å². The van der Waals surface area contributed by atoms with Gasteiger partial charge in [-0.2, -0.15) is 0 Å². The van der Waals surface area contributed by atoms with E-state index in [-0.39, 0.29) is 5.48 Å². The van der Waals surface area contributed by atoms with Crippen LogP contribution in [0.4, 0.5) is 0 Å². The first-order valence-electron chi connectivity index (χ1n) is 45.7. The lowest BCUT2D eigenvalue weighted by Gasteiger charge is -2.24. The third kappa shape index (κ3) is 12.7. The molecule has 0 amide bonds. The van der Waals surface area contributed by atoms with E-state index in [0.29, 0.717) is 16.2 Å². The Morgan fingerprint density at radius 1 is 0.212 bits per heavy atom. The Kier molecular flexibility index (Phi) is 19.1. The van der Waals surface area contributed by atoms with Crippen molar-refractivity contribution in [3.8, 4) is 0 Å². The molecule has 644 valence electrons. The third-order valence-electron chi connectivity index (χ3n) is 27.6. The molecule has 0 bridgehead atoms. The first kappa shape index (κ1) is 81.0. The van der Waals surface area contributed by atoms with Crippen LogP contribution >= 0.6 is 22.2 Å². The van der Waals surface area contributed by atoms with Gasteiger partial charge < -0.3 is 14.6 Å². The molecule has 0 saturated heterocycles. The lowest BCUT2D eigenvalue weighted by molar-refractivity contribution is 0.591. The Morgan fingerprint density at radius 2 is 0.657 bits per heavy atom. The van der Waals surface area contributed by atoms with Crippen LogP contribution in [0, 0.1) is 0 Å². The second kappa shape index (κ2) is 32.3. The van der Waals surface area contributed by atoms with Crippen molar-refractivity contribution >= 4 is 272 Å². The van der Waals surface area contributed by atoms with E-state index in [9.17, 15) is 0 Å². The Labute approximate surface area is 785 Å². The number of benzene rings is 21. The molecule has 15 heteroatoms. The minimum Gasteiger partial charge on any atom is -0.412 e. The first-order valence-corrected chi connectivity index (χ1v) is 50.5. The van der Waals surface area contributed by atoms with Crippen LogP contribution in [0.1, 0.15) is 0 Å². The average Bonchev–Trinajstić information content (AvgIpc) is 1.67. The number of pyridine rings is 4. The number of rotatable bonds is 9. The fourth-order valence-corrected chi connectivity index (χ4v) is 29.4. The molecular formula is C122H78N9O3P3. The lowest BCUT2D eigenvalue weighted by atomic mass is 9.99. The molecule has 3 atom stereocenters. The highest BCUT2D eigenvalue weighted by molar-refractivity contribution is 7.86. The van der Waals surface area contributed by atoms with Gasteiger partial charge in [0.25, 0.3) is 0 Å². The molecule has 137 heavy (non-hydrogen) atoms. The lowest BCUT2D eigenvalue weighted by Crippen LogP contribution is -2.30. The molecule has 8 heterocycles. The van der Waals surface area contributed by atoms with Gasteiger partial charge in [0.05, 0.1) is 60.7 Å². The zero-order chi connectivity index (χ0) is 89.9. The van der Waals surface area contributed by atoms with Crippen molar-refractivity contribution in [1.82, 2.24) is 43.1 Å². The second-order valence-corrected chi connectivity index (χ2v) is 42.5. The van der Waals surface area contributed by atoms with Gasteiger partial charge in [0, 0.05) is 103 Å². The van der Waals surface area contributed by atoms with Crippen molar-refractivity contribution in [3.05, 3.63) is 461 Å². The van der Waals surface area contributed by atoms with E-state index in [2.05, 4.69) is 383 Å². The summed E-state index contributed by atoms with van der Waals surface area (Å²) in [5, 5.41) is 33.1. The van der Waals surface area contributed by atoms with Crippen LogP contribution in [-0.4, -0.2) is 48.6 Å². The summed E-state index contributed by atoms with van der Waals surface area (Å²) < 4.78 is 39.8. The summed E-state index contributed by atoms with van der Waals surface area (Å²) in [5.74, 6) is 0. The Morgan fingerprint density at radius 3 is 1.31 bits per heavy atom. The summed E-state index contributed by atoms with van der Waals surface area (Å²) in [6.45, 7) is 0. The molecule has 0 spiro atoms. The number of imidazole rings is 3. The van der Waals surface area contributed by atoms with Crippen molar-refractivity contribution < 1.29 is 14.6 Å². The molecule has 2 N–H and O–H groups in total. The minimum atomic E-state index is -3.63. The summed E-state index contributed by atoms with van der Waals surface area (Å²) >= 11 is 0. The summed E-state index contributed by atoms with van der Waals surface area (Å²) in [7, 11) is -8.01. The normalized spacial score (nSPS) is 13.1. The van der Waals surface area contributed by atoms with Gasteiger partial charge in [-0.1, -0.05) is 346 Å². The van der Waals surface area contributed by atoms with Crippen molar-refractivity contribution in [2.75, 3.05) is 0 Å². The molecule has 29 aromatic rings. The van der Waals surface area contributed by atoms with E-state index in [1.807, 2.05) is 84.9 Å². The summed E-state index contributed by atoms with van der Waals surface area (Å²) in [5.41, 5.74) is 14.1. The van der Waals surface area contributed by atoms with Gasteiger partial charge in [0.15, 0.2) is 12.7 Å². The molecule has 0 aliphatic heterocycles. The number of nitrogens with zero attached hydrogens (tertiary/aromatic N) is 9. The number of para-hydroxylation sites is 11. The molecule has 21 aromatic carbocycles. The maximum Gasteiger partial charge on any atom is 0.207 e. The van der Waals surface area contributed by atoms with Crippen LogP contribution < -0.4 is 48.0 Å². The maximum absolute atomic E-state index is 16.8. The van der Waals surface area contributed by atoms with Crippen molar-refractivity contribution in [1.29, 1.82) is 0 Å². The number of aromatic nitrogens is 9. The van der Waals surface area contributed by atoms with E-state index in [0.717, 1.165) is 174 Å². The maximum atomic E-state index is 16.8. The van der Waals surface area contributed by atoms with Gasteiger partial charge >= 0.3 is 0 Å². The van der Waals surface area contributed by atoms with Crippen LogP contribution in [0.3, 0.4) is 0 Å². The van der Waals surface area contributed by atoms with E-state index >= 15 is 9.13 Å². The topological polar surface area (TPSA) is 156 Å². The molecule has 0 saturated carbocycles. The highest BCUT2D eigenvalue weighted by Crippen LogP contribution is 2.52. The smallest absolute Gasteiger partial charge is 0.207 e. The Bertz CT molecular complexity index is 10200. The van der Waals surface area contributed by atoms with Gasteiger partial charge in [0.1, 0.15) is 16.9 Å². The highest BCUT2D eigenvalue weighted by Gasteiger charge is 2.39. The van der Waals surface area contributed by atoms with Crippen LogP contribution in [0.2, 0.25) is 0 Å². The van der Waals surface area contributed by atoms with Gasteiger partial charge in [-0.05, 0) is 186 Å². The van der Waals surface area contributed by atoms with Crippen LogP contribution in [-0.2, 0) is 9.13 Å². The largest absolute Gasteiger partial charge is 0.412 e. The van der Waals surface area contributed by atoms with Gasteiger partial charge in [-0.3, -0.25) is 18.2 Å². The minimum absolute atomic E-state index is 0. The zero-order valence-corrected chi connectivity index (χ0v) is 76.2. The molecular weight excluding hydrogens is 1730 g/mol. The van der Waals surface area contributed by atoms with E-state index in [1.54, 1.807) is 6.20 Å². The molecule has 0 radical (unpaired) electrons. The Hall–Kier alpha value is -16.8. The molecule has 3 unspecified atom stereocenters. The second-order valence-electron chi connectivity index (χ2n) is 35.0.